The van der Waals surface area contributed by atoms with E-state index in [0.29, 0.717) is 22.4 Å². The molecule has 5 atom stereocenters. The molecule has 0 radical (unpaired) electrons. The van der Waals surface area contributed by atoms with E-state index in [0.717, 1.165) is 29.9 Å². The van der Waals surface area contributed by atoms with Crippen molar-refractivity contribution < 1.29 is 29.9 Å². The fourth-order valence-electron chi connectivity index (χ4n) is 5.35. The molecule has 0 spiro atoms. The Morgan fingerprint density at radius 3 is 2.34 bits per heavy atom. The highest BCUT2D eigenvalue weighted by Crippen LogP contribution is 2.40. The zero-order chi connectivity index (χ0) is 25.0. The van der Waals surface area contributed by atoms with Crippen molar-refractivity contribution in [2.45, 2.75) is 82.4 Å². The summed E-state index contributed by atoms with van der Waals surface area (Å²) in [7, 11) is 0. The number of hydrogen-bond donors (Lipinski definition) is 4. The first kappa shape index (κ1) is 26.4. The van der Waals surface area contributed by atoms with Crippen LogP contribution in [0.5, 0.6) is 5.75 Å². The lowest BCUT2D eigenvalue weighted by molar-refractivity contribution is -0.231. The van der Waals surface area contributed by atoms with E-state index < -0.39 is 37.1 Å². The number of rotatable bonds is 8. The third kappa shape index (κ3) is 6.01. The number of aliphatic hydroxyl groups is 4. The molecular formula is C28H37ClO6. The molecule has 2 fully saturated rings. The van der Waals surface area contributed by atoms with Gasteiger partial charge in [-0.15, -0.1) is 0 Å². The predicted octanol–water partition coefficient (Wildman–Crippen LogP) is 4.19. The molecule has 4 N–H and O–H groups in total. The van der Waals surface area contributed by atoms with Gasteiger partial charge < -0.3 is 29.9 Å². The number of ether oxygens (including phenoxy) is 2. The molecular weight excluding hydrogens is 468 g/mol. The van der Waals surface area contributed by atoms with Crippen LogP contribution in [0.4, 0.5) is 0 Å². The van der Waals surface area contributed by atoms with Crippen LogP contribution in [0.2, 0.25) is 5.02 Å². The highest BCUT2D eigenvalue weighted by molar-refractivity contribution is 6.31. The zero-order valence-electron chi connectivity index (χ0n) is 20.3. The van der Waals surface area contributed by atoms with Gasteiger partial charge in [-0.25, -0.2) is 0 Å². The molecule has 6 nitrogen and oxygen atoms in total. The minimum atomic E-state index is -1.42. The van der Waals surface area contributed by atoms with Crippen LogP contribution in [-0.4, -0.2) is 58.1 Å². The second-order valence-corrected chi connectivity index (χ2v) is 10.5. The van der Waals surface area contributed by atoms with Crippen LogP contribution in [0, 0.1) is 5.41 Å². The molecule has 35 heavy (non-hydrogen) atoms. The van der Waals surface area contributed by atoms with Crippen LogP contribution < -0.4 is 4.74 Å². The second-order valence-electron chi connectivity index (χ2n) is 10.1. The highest BCUT2D eigenvalue weighted by Gasteiger charge is 2.44. The average Bonchev–Trinajstić information content (AvgIpc) is 2.89. The Kier molecular flexibility index (Phi) is 8.74. The largest absolute Gasteiger partial charge is 0.493 e. The van der Waals surface area contributed by atoms with Gasteiger partial charge in [-0.1, -0.05) is 62.1 Å². The maximum absolute atomic E-state index is 10.5. The molecule has 0 aromatic heterocycles. The van der Waals surface area contributed by atoms with Gasteiger partial charge in [-0.2, -0.15) is 0 Å². The monoisotopic (exact) mass is 504 g/mol. The molecule has 0 unspecified atom stereocenters. The average molecular weight is 505 g/mol. The Morgan fingerprint density at radius 1 is 0.971 bits per heavy atom. The zero-order valence-corrected chi connectivity index (χ0v) is 21.0. The number of aliphatic hydroxyl groups excluding tert-OH is 4. The molecule has 1 saturated heterocycles. The summed E-state index contributed by atoms with van der Waals surface area (Å²) in [5.74, 6) is 0.869. The van der Waals surface area contributed by atoms with Crippen LogP contribution >= 0.6 is 11.6 Å². The Hall–Kier alpha value is -1.67. The topological polar surface area (TPSA) is 99.4 Å². The number of benzene rings is 2. The summed E-state index contributed by atoms with van der Waals surface area (Å²) in [4.78, 5) is 0. The van der Waals surface area contributed by atoms with Gasteiger partial charge in [-0.3, -0.25) is 0 Å². The lowest BCUT2D eigenvalue weighted by Gasteiger charge is -2.40. The molecule has 1 aliphatic carbocycles. The van der Waals surface area contributed by atoms with Crippen LogP contribution in [0.1, 0.15) is 68.2 Å². The van der Waals surface area contributed by atoms with Gasteiger partial charge in [0.05, 0.1) is 13.2 Å². The third-order valence-electron chi connectivity index (χ3n) is 7.82. The van der Waals surface area contributed by atoms with Gasteiger partial charge in [0, 0.05) is 10.4 Å². The standard InChI is InChI=1S/C28H37ClO6/c1-2-28(12-4-3-5-13-28)17-34-21-9-6-18(7-10-21)14-20-15-19(8-11-22(20)29)27-26(33)25(32)24(31)23(16-30)35-27/h6-11,15,23-27,30-33H,2-5,12-14,16-17H2,1H3/t23-,24-,25+,26-,27+/m1/s1. The fraction of sp³-hybridized carbons (Fsp3) is 0.571. The van der Waals surface area contributed by atoms with Gasteiger partial charge in [0.25, 0.3) is 0 Å². The molecule has 4 rings (SSSR count). The summed E-state index contributed by atoms with van der Waals surface area (Å²) < 4.78 is 11.9. The first-order valence-electron chi connectivity index (χ1n) is 12.7. The number of hydrogen-bond acceptors (Lipinski definition) is 6. The molecule has 2 aliphatic rings. The van der Waals surface area contributed by atoms with Gasteiger partial charge in [0.2, 0.25) is 0 Å². The van der Waals surface area contributed by atoms with Crippen LogP contribution in [0.25, 0.3) is 0 Å². The van der Waals surface area contributed by atoms with Crippen molar-refractivity contribution in [3.8, 4) is 5.75 Å². The van der Waals surface area contributed by atoms with Crippen molar-refractivity contribution in [3.05, 3.63) is 64.2 Å². The minimum absolute atomic E-state index is 0.301. The van der Waals surface area contributed by atoms with Crippen molar-refractivity contribution in [2.24, 2.45) is 5.41 Å². The van der Waals surface area contributed by atoms with E-state index in [1.165, 1.54) is 32.1 Å². The molecule has 0 bridgehead atoms. The first-order valence-corrected chi connectivity index (χ1v) is 13.0. The Morgan fingerprint density at radius 2 is 1.69 bits per heavy atom. The van der Waals surface area contributed by atoms with E-state index in [4.69, 9.17) is 21.1 Å². The summed E-state index contributed by atoms with van der Waals surface area (Å²) in [6, 6.07) is 13.4. The van der Waals surface area contributed by atoms with Crippen LogP contribution in [-0.2, 0) is 11.2 Å². The normalized spacial score (nSPS) is 28.6. The molecule has 1 heterocycles. The Labute approximate surface area is 212 Å². The third-order valence-corrected chi connectivity index (χ3v) is 8.19. The summed E-state index contributed by atoms with van der Waals surface area (Å²) in [6.07, 6.45) is 2.15. The van der Waals surface area contributed by atoms with Gasteiger partial charge >= 0.3 is 0 Å². The van der Waals surface area contributed by atoms with Crippen molar-refractivity contribution in [1.29, 1.82) is 0 Å². The van der Waals surface area contributed by atoms with Crippen LogP contribution in [0.3, 0.4) is 0 Å². The lowest BCUT2D eigenvalue weighted by atomic mass is 9.73. The van der Waals surface area contributed by atoms with E-state index in [9.17, 15) is 20.4 Å². The van der Waals surface area contributed by atoms with Crippen molar-refractivity contribution in [2.75, 3.05) is 13.2 Å². The van der Waals surface area contributed by atoms with Crippen molar-refractivity contribution in [1.82, 2.24) is 0 Å². The smallest absolute Gasteiger partial charge is 0.119 e. The molecule has 1 aliphatic heterocycles. The fourth-order valence-corrected chi connectivity index (χ4v) is 5.53. The quantitative estimate of drug-likeness (QED) is 0.430. The van der Waals surface area contributed by atoms with E-state index >= 15 is 0 Å². The molecule has 2 aromatic carbocycles. The molecule has 2 aromatic rings. The molecule has 7 heteroatoms. The summed E-state index contributed by atoms with van der Waals surface area (Å²) in [6.45, 7) is 2.56. The second kappa shape index (κ2) is 11.6. The lowest BCUT2D eigenvalue weighted by Crippen LogP contribution is -2.55. The maximum Gasteiger partial charge on any atom is 0.119 e. The molecule has 192 valence electrons. The SMILES string of the molecule is CCC1(COc2ccc(Cc3cc([C@@H]4O[C@H](CO)[C@@H](O)[C@H](O)[C@H]4O)ccc3Cl)cc2)CCCCC1. The van der Waals surface area contributed by atoms with Gasteiger partial charge in [-0.05, 0) is 60.6 Å². The Balaban J connectivity index is 1.43. The predicted molar refractivity (Wildman–Crippen MR) is 135 cm³/mol. The van der Waals surface area contributed by atoms with Gasteiger partial charge in [0.1, 0.15) is 36.3 Å². The molecule has 1 saturated carbocycles. The summed E-state index contributed by atoms with van der Waals surface area (Å²) in [5, 5.41) is 40.7. The molecule has 0 amide bonds. The summed E-state index contributed by atoms with van der Waals surface area (Å²) >= 11 is 6.47. The van der Waals surface area contributed by atoms with Crippen molar-refractivity contribution in [3.63, 3.8) is 0 Å². The van der Waals surface area contributed by atoms with Crippen LogP contribution in [0.15, 0.2) is 42.5 Å². The van der Waals surface area contributed by atoms with E-state index in [-0.39, 0.29) is 0 Å². The summed E-state index contributed by atoms with van der Waals surface area (Å²) in [5.41, 5.74) is 2.84. The number of halogens is 1. The first-order chi connectivity index (χ1) is 16.9. The van der Waals surface area contributed by atoms with E-state index in [1.54, 1.807) is 12.1 Å². The van der Waals surface area contributed by atoms with E-state index in [1.807, 2.05) is 30.3 Å². The van der Waals surface area contributed by atoms with E-state index in [2.05, 4.69) is 6.92 Å². The maximum atomic E-state index is 10.5. The van der Waals surface area contributed by atoms with Gasteiger partial charge in [0.15, 0.2) is 0 Å². The Bertz CT molecular complexity index is 956. The van der Waals surface area contributed by atoms with Crippen molar-refractivity contribution >= 4 is 11.6 Å². The highest BCUT2D eigenvalue weighted by atomic mass is 35.5. The minimum Gasteiger partial charge on any atom is -0.493 e.